The first kappa shape index (κ1) is 19.9. The van der Waals surface area contributed by atoms with Gasteiger partial charge in [0.15, 0.2) is 0 Å². The number of alkyl halides is 1. The van der Waals surface area contributed by atoms with Crippen LogP contribution >= 0.6 is 11.6 Å². The number of hydrogen-bond donors (Lipinski definition) is 1. The molecule has 2 aromatic carbocycles. The second-order valence-electron chi connectivity index (χ2n) is 6.99. The zero-order chi connectivity index (χ0) is 21.4. The number of aromatic amines is 1. The molecule has 0 aliphatic carbocycles. The average Bonchev–Trinajstić information content (AvgIpc) is 3.15. The molecule has 8 nitrogen and oxygen atoms in total. The van der Waals surface area contributed by atoms with Gasteiger partial charge in [-0.05, 0) is 29.3 Å². The third kappa shape index (κ3) is 3.19. The summed E-state index contributed by atoms with van der Waals surface area (Å²) < 4.78 is 4.98. The second-order valence-corrected chi connectivity index (χ2v) is 7.26. The SMILES string of the molecule is COC(=O)C1Cc2c([nH]c3ccccc23)C(c2ccc([N+](=O)[O-])cc2)N1C(=O)CCl. The molecule has 30 heavy (non-hydrogen) atoms. The van der Waals surface area contributed by atoms with E-state index in [0.717, 1.165) is 22.2 Å². The standard InChI is InChI=1S/C21H18ClN3O5/c1-30-21(27)17-10-15-14-4-2-3-5-16(14)23-19(15)20(24(17)18(26)11-22)12-6-8-13(9-7-12)25(28)29/h2-9,17,20,23H,10-11H2,1H3. The Morgan fingerprint density at radius 3 is 2.57 bits per heavy atom. The topological polar surface area (TPSA) is 106 Å². The van der Waals surface area contributed by atoms with Crippen molar-refractivity contribution in [3.63, 3.8) is 0 Å². The summed E-state index contributed by atoms with van der Waals surface area (Å²) in [6, 6.07) is 12.1. The van der Waals surface area contributed by atoms with E-state index in [1.807, 2.05) is 24.3 Å². The fourth-order valence-electron chi connectivity index (χ4n) is 4.11. The van der Waals surface area contributed by atoms with E-state index in [0.29, 0.717) is 5.56 Å². The van der Waals surface area contributed by atoms with Gasteiger partial charge in [0.1, 0.15) is 11.9 Å². The van der Waals surface area contributed by atoms with Gasteiger partial charge >= 0.3 is 5.97 Å². The third-order valence-corrected chi connectivity index (χ3v) is 5.66. The maximum Gasteiger partial charge on any atom is 0.328 e. The highest BCUT2D eigenvalue weighted by Gasteiger charge is 2.43. The molecule has 2 unspecified atom stereocenters. The van der Waals surface area contributed by atoms with E-state index in [1.54, 1.807) is 12.1 Å². The van der Waals surface area contributed by atoms with Crippen molar-refractivity contribution in [2.75, 3.05) is 13.0 Å². The fourth-order valence-corrected chi connectivity index (χ4v) is 4.25. The summed E-state index contributed by atoms with van der Waals surface area (Å²) in [5, 5.41) is 12.0. The molecule has 0 fully saturated rings. The van der Waals surface area contributed by atoms with Crippen molar-refractivity contribution in [1.82, 2.24) is 9.88 Å². The number of esters is 1. The zero-order valence-electron chi connectivity index (χ0n) is 16.0. The molecule has 0 saturated heterocycles. The Hall–Kier alpha value is -3.39. The van der Waals surface area contributed by atoms with Crippen LogP contribution in [0.25, 0.3) is 10.9 Å². The third-order valence-electron chi connectivity index (χ3n) is 5.43. The van der Waals surface area contributed by atoms with Crippen molar-refractivity contribution in [3.05, 3.63) is 75.5 Å². The first-order valence-corrected chi connectivity index (χ1v) is 9.78. The number of nitro benzene ring substituents is 1. The summed E-state index contributed by atoms with van der Waals surface area (Å²) in [5.74, 6) is -1.29. The number of fused-ring (bicyclic) bond motifs is 3. The van der Waals surface area contributed by atoms with Crippen LogP contribution in [-0.4, -0.2) is 45.7 Å². The summed E-state index contributed by atoms with van der Waals surface area (Å²) in [7, 11) is 1.28. The number of ether oxygens (including phenoxy) is 1. The van der Waals surface area contributed by atoms with Crippen LogP contribution in [0.5, 0.6) is 0 Å². The maximum absolute atomic E-state index is 12.8. The number of aromatic nitrogens is 1. The van der Waals surface area contributed by atoms with Crippen LogP contribution < -0.4 is 0 Å². The molecule has 1 aliphatic rings. The Morgan fingerprint density at radius 1 is 1.23 bits per heavy atom. The van der Waals surface area contributed by atoms with E-state index in [-0.39, 0.29) is 18.0 Å². The van der Waals surface area contributed by atoms with Crippen molar-refractivity contribution in [2.45, 2.75) is 18.5 Å². The Morgan fingerprint density at radius 2 is 1.93 bits per heavy atom. The number of H-pyrrole nitrogens is 1. The lowest BCUT2D eigenvalue weighted by Gasteiger charge is -2.40. The molecular formula is C21H18ClN3O5. The molecule has 1 N–H and O–H groups in total. The second kappa shape index (κ2) is 7.79. The summed E-state index contributed by atoms with van der Waals surface area (Å²) in [6.45, 7) is 0. The van der Waals surface area contributed by atoms with E-state index >= 15 is 0 Å². The molecule has 1 aliphatic heterocycles. The molecule has 0 bridgehead atoms. The number of benzene rings is 2. The minimum Gasteiger partial charge on any atom is -0.467 e. The Bertz CT molecular complexity index is 1140. The average molecular weight is 428 g/mol. The van der Waals surface area contributed by atoms with Gasteiger partial charge in [-0.25, -0.2) is 4.79 Å². The summed E-state index contributed by atoms with van der Waals surface area (Å²) in [6.07, 6.45) is 0.276. The molecule has 1 amide bonds. The predicted octanol–water partition coefficient (Wildman–Crippen LogP) is 3.33. The highest BCUT2D eigenvalue weighted by Crippen LogP contribution is 2.41. The van der Waals surface area contributed by atoms with Crippen LogP contribution in [0.4, 0.5) is 5.69 Å². The van der Waals surface area contributed by atoms with Gasteiger partial charge in [0.25, 0.3) is 5.69 Å². The number of halogens is 1. The Kier molecular flexibility index (Phi) is 5.17. The number of amides is 1. The Labute approximate surface area is 176 Å². The normalized spacial score (nSPS) is 18.1. The van der Waals surface area contributed by atoms with Crippen LogP contribution in [0.1, 0.15) is 22.9 Å². The minimum atomic E-state index is -0.867. The van der Waals surface area contributed by atoms with Gasteiger partial charge < -0.3 is 14.6 Å². The fraction of sp³-hybridized carbons (Fsp3) is 0.238. The van der Waals surface area contributed by atoms with Crippen LogP contribution in [0, 0.1) is 10.1 Å². The van der Waals surface area contributed by atoms with E-state index in [9.17, 15) is 19.7 Å². The number of hydrogen-bond acceptors (Lipinski definition) is 5. The molecule has 9 heteroatoms. The predicted molar refractivity (Wildman–Crippen MR) is 110 cm³/mol. The van der Waals surface area contributed by atoms with Crippen LogP contribution in [0.15, 0.2) is 48.5 Å². The molecule has 154 valence electrons. The van der Waals surface area contributed by atoms with Crippen molar-refractivity contribution in [3.8, 4) is 0 Å². The van der Waals surface area contributed by atoms with E-state index < -0.39 is 28.9 Å². The highest BCUT2D eigenvalue weighted by atomic mass is 35.5. The number of para-hydroxylation sites is 1. The number of nitrogens with one attached hydrogen (secondary N) is 1. The number of methoxy groups -OCH3 is 1. The molecule has 2 atom stereocenters. The number of carbonyl (C=O) groups excluding carboxylic acids is 2. The van der Waals surface area contributed by atoms with E-state index in [2.05, 4.69) is 4.98 Å². The van der Waals surface area contributed by atoms with Crippen molar-refractivity contribution >= 4 is 40.1 Å². The van der Waals surface area contributed by atoms with Gasteiger partial charge in [-0.1, -0.05) is 18.2 Å². The Balaban J connectivity index is 1.95. The lowest BCUT2D eigenvalue weighted by atomic mass is 9.88. The van der Waals surface area contributed by atoms with Crippen molar-refractivity contribution in [1.29, 1.82) is 0 Å². The summed E-state index contributed by atoms with van der Waals surface area (Å²) >= 11 is 5.88. The van der Waals surface area contributed by atoms with Gasteiger partial charge in [0.05, 0.1) is 18.1 Å². The minimum absolute atomic E-state index is 0.0637. The first-order valence-electron chi connectivity index (χ1n) is 9.25. The van der Waals surface area contributed by atoms with Crippen LogP contribution in [-0.2, 0) is 20.7 Å². The monoisotopic (exact) mass is 427 g/mol. The summed E-state index contributed by atoms with van der Waals surface area (Å²) in [4.78, 5) is 40.8. The van der Waals surface area contributed by atoms with Crippen molar-refractivity contribution < 1.29 is 19.2 Å². The van der Waals surface area contributed by atoms with Crippen LogP contribution in [0.3, 0.4) is 0 Å². The van der Waals surface area contributed by atoms with Gasteiger partial charge in [-0.15, -0.1) is 11.6 Å². The molecule has 4 rings (SSSR count). The van der Waals surface area contributed by atoms with Gasteiger partial charge in [0.2, 0.25) is 5.91 Å². The molecule has 0 saturated carbocycles. The van der Waals surface area contributed by atoms with Gasteiger partial charge in [-0.3, -0.25) is 14.9 Å². The quantitative estimate of drug-likeness (QED) is 0.297. The smallest absolute Gasteiger partial charge is 0.328 e. The highest BCUT2D eigenvalue weighted by molar-refractivity contribution is 6.27. The maximum atomic E-state index is 12.8. The summed E-state index contributed by atoms with van der Waals surface area (Å²) in [5.41, 5.74) is 3.09. The number of non-ortho nitro benzene ring substituents is 1. The molecule has 0 radical (unpaired) electrons. The zero-order valence-corrected chi connectivity index (χ0v) is 16.8. The number of nitrogens with zero attached hydrogens (tertiary/aromatic N) is 2. The number of rotatable bonds is 4. The van der Waals surface area contributed by atoms with Crippen molar-refractivity contribution in [2.24, 2.45) is 0 Å². The number of carbonyl (C=O) groups is 2. The molecule has 3 aromatic rings. The van der Waals surface area contributed by atoms with Gasteiger partial charge in [0, 0.05) is 35.2 Å². The first-order chi connectivity index (χ1) is 14.5. The largest absolute Gasteiger partial charge is 0.467 e. The molecule has 2 heterocycles. The lowest BCUT2D eigenvalue weighted by Crippen LogP contribution is -2.52. The van der Waals surface area contributed by atoms with E-state index in [4.69, 9.17) is 16.3 Å². The van der Waals surface area contributed by atoms with E-state index in [1.165, 1.54) is 24.1 Å². The lowest BCUT2D eigenvalue weighted by molar-refractivity contribution is -0.384. The molecular weight excluding hydrogens is 410 g/mol. The molecule has 0 spiro atoms. The number of nitro groups is 1. The van der Waals surface area contributed by atoms with Gasteiger partial charge in [-0.2, -0.15) is 0 Å². The van der Waals surface area contributed by atoms with Crippen LogP contribution in [0.2, 0.25) is 0 Å². The molecule has 1 aromatic heterocycles.